The molecule has 0 bridgehead atoms. The van der Waals surface area contributed by atoms with E-state index < -0.39 is 5.97 Å². The lowest BCUT2D eigenvalue weighted by molar-refractivity contribution is 0.0699. The minimum Gasteiger partial charge on any atom is -0.493 e. The van der Waals surface area contributed by atoms with Crippen molar-refractivity contribution in [1.82, 2.24) is 9.97 Å². The molecule has 0 aliphatic carbocycles. The van der Waals surface area contributed by atoms with E-state index in [2.05, 4.69) is 9.97 Å². The number of fused-ring (bicyclic) bond motifs is 1. The molecular weight excluding hydrogens is 380 g/mol. The highest BCUT2D eigenvalue weighted by molar-refractivity contribution is 6.01. The van der Waals surface area contributed by atoms with Gasteiger partial charge in [0.15, 0.2) is 11.5 Å². The van der Waals surface area contributed by atoms with Gasteiger partial charge in [0, 0.05) is 0 Å². The van der Waals surface area contributed by atoms with Crippen LogP contribution >= 0.6 is 0 Å². The maximum Gasteiger partial charge on any atom is 0.337 e. The molecule has 4 rings (SSSR count). The molecule has 0 saturated heterocycles. The molecule has 150 valence electrons. The molecule has 0 radical (unpaired) electrons. The summed E-state index contributed by atoms with van der Waals surface area (Å²) in [6.07, 6.45) is 3.68. The summed E-state index contributed by atoms with van der Waals surface area (Å²) in [7, 11) is 1.61. The third-order valence-electron chi connectivity index (χ3n) is 4.62. The Kier molecular flexibility index (Phi) is 5.48. The number of imidazole rings is 1. The fourth-order valence-electron chi connectivity index (χ4n) is 3.12. The fourth-order valence-corrected chi connectivity index (χ4v) is 3.12. The highest BCUT2D eigenvalue weighted by Gasteiger charge is 2.11. The van der Waals surface area contributed by atoms with Crippen LogP contribution in [0.15, 0.2) is 66.7 Å². The molecule has 2 N–H and O–H groups in total. The molecule has 0 atom stereocenters. The highest BCUT2D eigenvalue weighted by atomic mass is 16.5. The average molecular weight is 400 g/mol. The number of aromatic carboxylic acids is 1. The van der Waals surface area contributed by atoms with Crippen LogP contribution in [0.3, 0.4) is 0 Å². The van der Waals surface area contributed by atoms with Gasteiger partial charge in [0.1, 0.15) is 17.9 Å². The second-order valence-electron chi connectivity index (χ2n) is 6.65. The molecular formula is C24H20N2O4. The fraction of sp³-hybridized carbons (Fsp3) is 0.0833. The van der Waals surface area contributed by atoms with Crippen LogP contribution in [0.1, 0.15) is 27.3 Å². The van der Waals surface area contributed by atoms with E-state index in [9.17, 15) is 9.90 Å². The summed E-state index contributed by atoms with van der Waals surface area (Å²) >= 11 is 0. The number of carbonyl (C=O) groups is 1. The number of nitrogens with zero attached hydrogens (tertiary/aromatic N) is 1. The van der Waals surface area contributed by atoms with Gasteiger partial charge in [-0.05, 0) is 41.5 Å². The SMILES string of the molecule is COc1ccc(C=Cc2nc3c(C(=O)O)cccc3[nH]2)cc1OCc1ccccc1. The van der Waals surface area contributed by atoms with E-state index in [-0.39, 0.29) is 5.56 Å². The van der Waals surface area contributed by atoms with Gasteiger partial charge in [-0.25, -0.2) is 9.78 Å². The maximum atomic E-state index is 11.4. The second-order valence-corrected chi connectivity index (χ2v) is 6.65. The van der Waals surface area contributed by atoms with Crippen molar-refractivity contribution in [2.45, 2.75) is 6.61 Å². The van der Waals surface area contributed by atoms with Crippen LogP contribution in [0.5, 0.6) is 11.5 Å². The highest BCUT2D eigenvalue weighted by Crippen LogP contribution is 2.29. The number of aromatic nitrogens is 2. The van der Waals surface area contributed by atoms with Crippen molar-refractivity contribution in [3.8, 4) is 11.5 Å². The Morgan fingerprint density at radius 3 is 2.63 bits per heavy atom. The zero-order valence-electron chi connectivity index (χ0n) is 16.3. The van der Waals surface area contributed by atoms with Crippen molar-refractivity contribution in [3.63, 3.8) is 0 Å². The van der Waals surface area contributed by atoms with Gasteiger partial charge in [-0.3, -0.25) is 0 Å². The molecule has 0 unspecified atom stereocenters. The predicted molar refractivity (Wildman–Crippen MR) is 116 cm³/mol. The van der Waals surface area contributed by atoms with Gasteiger partial charge in [0.2, 0.25) is 0 Å². The molecule has 6 heteroatoms. The Balaban J connectivity index is 1.57. The van der Waals surface area contributed by atoms with Crippen LogP contribution in [-0.4, -0.2) is 28.2 Å². The molecule has 0 aliphatic rings. The van der Waals surface area contributed by atoms with Crippen molar-refractivity contribution >= 4 is 29.2 Å². The summed E-state index contributed by atoms with van der Waals surface area (Å²) in [6, 6.07) is 20.6. The summed E-state index contributed by atoms with van der Waals surface area (Å²) in [5.41, 5.74) is 3.25. The first-order valence-electron chi connectivity index (χ1n) is 9.39. The van der Waals surface area contributed by atoms with Crippen LogP contribution < -0.4 is 9.47 Å². The molecule has 1 aromatic heterocycles. The number of aromatic amines is 1. The lowest BCUT2D eigenvalue weighted by atomic mass is 10.2. The number of carboxylic acids is 1. The van der Waals surface area contributed by atoms with Crippen molar-refractivity contribution in [1.29, 1.82) is 0 Å². The van der Waals surface area contributed by atoms with Gasteiger partial charge in [-0.1, -0.05) is 48.5 Å². The number of benzene rings is 3. The summed E-state index contributed by atoms with van der Waals surface area (Å²) in [6.45, 7) is 0.436. The zero-order chi connectivity index (χ0) is 20.9. The topological polar surface area (TPSA) is 84.4 Å². The molecule has 1 heterocycles. The second kappa shape index (κ2) is 8.53. The molecule has 6 nitrogen and oxygen atoms in total. The maximum absolute atomic E-state index is 11.4. The molecule has 0 aliphatic heterocycles. The van der Waals surface area contributed by atoms with E-state index >= 15 is 0 Å². The molecule has 30 heavy (non-hydrogen) atoms. The number of hydrogen-bond donors (Lipinski definition) is 2. The average Bonchev–Trinajstić information content (AvgIpc) is 3.20. The van der Waals surface area contributed by atoms with E-state index in [0.717, 1.165) is 11.1 Å². The Hall–Kier alpha value is -4.06. The summed E-state index contributed by atoms with van der Waals surface area (Å²) in [5.74, 6) is 0.860. The zero-order valence-corrected chi connectivity index (χ0v) is 16.3. The number of rotatable bonds is 7. The van der Waals surface area contributed by atoms with E-state index in [1.54, 1.807) is 31.4 Å². The number of nitrogens with one attached hydrogen (secondary N) is 1. The standard InChI is InChI=1S/C24H20N2O4/c1-29-20-12-10-16(14-21(20)30-15-17-6-3-2-4-7-17)11-13-22-25-19-9-5-8-18(24(27)28)23(19)26-22/h2-14H,15H2,1H3,(H,25,26)(H,27,28). The third-order valence-corrected chi connectivity index (χ3v) is 4.62. The minimum atomic E-state index is -1.00. The quantitative estimate of drug-likeness (QED) is 0.455. The Bertz CT molecular complexity index is 1210. The van der Waals surface area contributed by atoms with Crippen molar-refractivity contribution in [3.05, 3.63) is 89.2 Å². The molecule has 0 fully saturated rings. The van der Waals surface area contributed by atoms with Gasteiger partial charge in [-0.15, -0.1) is 0 Å². The van der Waals surface area contributed by atoms with Crippen molar-refractivity contribution in [2.75, 3.05) is 7.11 Å². The summed E-state index contributed by atoms with van der Waals surface area (Å²) < 4.78 is 11.4. The first-order chi connectivity index (χ1) is 14.6. The van der Waals surface area contributed by atoms with Crippen molar-refractivity contribution in [2.24, 2.45) is 0 Å². The van der Waals surface area contributed by atoms with Crippen LogP contribution in [0.2, 0.25) is 0 Å². The number of carboxylic acid groups (broad SMARTS) is 1. The molecule has 0 spiro atoms. The number of hydrogen-bond acceptors (Lipinski definition) is 4. The predicted octanol–water partition coefficient (Wildman–Crippen LogP) is 5.02. The Labute approximate surface area is 173 Å². The lowest BCUT2D eigenvalue weighted by Crippen LogP contribution is -1.97. The minimum absolute atomic E-state index is 0.171. The largest absolute Gasteiger partial charge is 0.493 e. The Morgan fingerprint density at radius 1 is 1.03 bits per heavy atom. The number of methoxy groups -OCH3 is 1. The van der Waals surface area contributed by atoms with Crippen LogP contribution in [-0.2, 0) is 6.61 Å². The first-order valence-corrected chi connectivity index (χ1v) is 9.39. The number of ether oxygens (including phenoxy) is 2. The van der Waals surface area contributed by atoms with Gasteiger partial charge >= 0.3 is 5.97 Å². The van der Waals surface area contributed by atoms with Gasteiger partial charge in [0.05, 0.1) is 18.2 Å². The van der Waals surface area contributed by atoms with Crippen LogP contribution in [0, 0.1) is 0 Å². The van der Waals surface area contributed by atoms with Gasteiger partial charge < -0.3 is 19.6 Å². The number of H-pyrrole nitrogens is 1. The van der Waals surface area contributed by atoms with Crippen LogP contribution in [0.4, 0.5) is 0 Å². The van der Waals surface area contributed by atoms with E-state index in [0.29, 0.717) is 35.0 Å². The third kappa shape index (κ3) is 4.17. The smallest absolute Gasteiger partial charge is 0.337 e. The summed E-state index contributed by atoms with van der Waals surface area (Å²) in [5, 5.41) is 9.32. The van der Waals surface area contributed by atoms with Crippen LogP contribution in [0.25, 0.3) is 23.2 Å². The molecule has 4 aromatic rings. The Morgan fingerprint density at radius 2 is 1.87 bits per heavy atom. The van der Waals surface area contributed by atoms with E-state index in [1.807, 2.05) is 54.6 Å². The van der Waals surface area contributed by atoms with Crippen molar-refractivity contribution < 1.29 is 19.4 Å². The lowest BCUT2D eigenvalue weighted by Gasteiger charge is -2.11. The van der Waals surface area contributed by atoms with E-state index in [4.69, 9.17) is 9.47 Å². The molecule has 0 saturated carbocycles. The normalized spacial score (nSPS) is 11.1. The monoisotopic (exact) mass is 400 g/mol. The number of para-hydroxylation sites is 1. The van der Waals surface area contributed by atoms with Gasteiger partial charge in [0.25, 0.3) is 0 Å². The van der Waals surface area contributed by atoms with E-state index in [1.165, 1.54) is 0 Å². The first kappa shape index (κ1) is 19.3. The van der Waals surface area contributed by atoms with Gasteiger partial charge in [-0.2, -0.15) is 0 Å². The molecule has 3 aromatic carbocycles. The summed E-state index contributed by atoms with van der Waals surface area (Å²) in [4.78, 5) is 18.9. The molecule has 0 amide bonds.